The van der Waals surface area contributed by atoms with Crippen LogP contribution in [-0.2, 0) is 0 Å². The van der Waals surface area contributed by atoms with E-state index in [1.807, 2.05) is 6.07 Å². The Hall–Kier alpha value is -1.09. The summed E-state index contributed by atoms with van der Waals surface area (Å²) in [7, 11) is 0. The van der Waals surface area contributed by atoms with Gasteiger partial charge in [-0.15, -0.1) is 0 Å². The first kappa shape index (κ1) is 12.4. The van der Waals surface area contributed by atoms with Gasteiger partial charge in [0.05, 0.1) is 10.7 Å². The highest BCUT2D eigenvalue weighted by molar-refractivity contribution is 6.33. The second-order valence-electron chi connectivity index (χ2n) is 5.39. The summed E-state index contributed by atoms with van der Waals surface area (Å²) in [6.07, 6.45) is 0. The van der Waals surface area contributed by atoms with E-state index in [-0.39, 0.29) is 5.41 Å². The van der Waals surface area contributed by atoms with Crippen molar-refractivity contribution in [2.75, 3.05) is 25.1 Å². The summed E-state index contributed by atoms with van der Waals surface area (Å²) >= 11 is 6.19. The third-order valence-electron chi connectivity index (χ3n) is 2.44. The number of benzene rings is 1. The lowest BCUT2D eigenvalue weighted by molar-refractivity contribution is 0.171. The van der Waals surface area contributed by atoms with E-state index in [4.69, 9.17) is 21.1 Å². The molecule has 1 N–H and O–H groups in total. The first-order valence-electron chi connectivity index (χ1n) is 5.79. The van der Waals surface area contributed by atoms with Gasteiger partial charge in [0.25, 0.3) is 0 Å². The molecule has 0 atom stereocenters. The molecule has 0 amide bonds. The van der Waals surface area contributed by atoms with Gasteiger partial charge in [-0.3, -0.25) is 0 Å². The topological polar surface area (TPSA) is 30.5 Å². The van der Waals surface area contributed by atoms with Gasteiger partial charge in [-0.25, -0.2) is 0 Å². The molecule has 0 aliphatic carbocycles. The van der Waals surface area contributed by atoms with Crippen LogP contribution in [0.4, 0.5) is 5.69 Å². The van der Waals surface area contributed by atoms with E-state index in [1.165, 1.54) is 0 Å². The van der Waals surface area contributed by atoms with E-state index in [0.29, 0.717) is 18.2 Å². The number of anilines is 1. The maximum Gasteiger partial charge on any atom is 0.163 e. The largest absolute Gasteiger partial charge is 0.486 e. The number of halogens is 1. The van der Waals surface area contributed by atoms with Gasteiger partial charge in [-0.1, -0.05) is 32.4 Å². The fraction of sp³-hybridized carbons (Fsp3) is 0.538. The average molecular weight is 256 g/mol. The number of nitrogens with one attached hydrogen (secondary N) is 1. The molecule has 3 nitrogen and oxygen atoms in total. The summed E-state index contributed by atoms with van der Waals surface area (Å²) < 4.78 is 11.0. The van der Waals surface area contributed by atoms with Crippen LogP contribution >= 0.6 is 11.6 Å². The molecule has 0 fully saturated rings. The van der Waals surface area contributed by atoms with Gasteiger partial charge in [-0.2, -0.15) is 0 Å². The van der Waals surface area contributed by atoms with Crippen molar-refractivity contribution in [2.45, 2.75) is 20.8 Å². The quantitative estimate of drug-likeness (QED) is 0.876. The van der Waals surface area contributed by atoms with E-state index >= 15 is 0 Å². The van der Waals surface area contributed by atoms with Crippen LogP contribution in [0.3, 0.4) is 0 Å². The Bertz CT molecular complexity index is 413. The van der Waals surface area contributed by atoms with E-state index in [2.05, 4.69) is 26.1 Å². The van der Waals surface area contributed by atoms with Gasteiger partial charge in [-0.05, 0) is 5.41 Å². The molecule has 0 radical (unpaired) electrons. The summed E-state index contributed by atoms with van der Waals surface area (Å²) in [4.78, 5) is 0. The van der Waals surface area contributed by atoms with E-state index < -0.39 is 0 Å². The summed E-state index contributed by atoms with van der Waals surface area (Å²) in [5.74, 6) is 1.49. The highest BCUT2D eigenvalue weighted by Crippen LogP contribution is 2.38. The molecule has 0 aromatic heterocycles. The zero-order chi connectivity index (χ0) is 12.5. The Morgan fingerprint density at radius 2 is 1.76 bits per heavy atom. The van der Waals surface area contributed by atoms with E-state index in [9.17, 15) is 0 Å². The zero-order valence-electron chi connectivity index (χ0n) is 10.5. The van der Waals surface area contributed by atoms with Gasteiger partial charge in [0.15, 0.2) is 11.5 Å². The van der Waals surface area contributed by atoms with Crippen LogP contribution in [0.1, 0.15) is 20.8 Å². The predicted octanol–water partition coefficient (Wildman–Crippen LogP) is 3.57. The van der Waals surface area contributed by atoms with Crippen molar-refractivity contribution in [1.29, 1.82) is 0 Å². The first-order valence-corrected chi connectivity index (χ1v) is 6.16. The highest BCUT2D eigenvalue weighted by atomic mass is 35.5. The summed E-state index contributed by atoms with van der Waals surface area (Å²) in [6.45, 7) is 8.54. The molecule has 17 heavy (non-hydrogen) atoms. The molecule has 1 aromatic carbocycles. The van der Waals surface area contributed by atoms with Gasteiger partial charge < -0.3 is 14.8 Å². The lowest BCUT2D eigenvalue weighted by Gasteiger charge is -2.23. The van der Waals surface area contributed by atoms with Crippen LogP contribution in [0.5, 0.6) is 11.5 Å². The minimum atomic E-state index is 0.205. The Balaban J connectivity index is 2.17. The van der Waals surface area contributed by atoms with Crippen LogP contribution in [0.15, 0.2) is 12.1 Å². The SMILES string of the molecule is CC(C)(C)CNc1cc2c(cc1Cl)OCCO2. The molecular formula is C13H18ClNO2. The number of hydrogen-bond acceptors (Lipinski definition) is 3. The van der Waals surface area contributed by atoms with Crippen molar-refractivity contribution >= 4 is 17.3 Å². The predicted molar refractivity (Wildman–Crippen MR) is 70.4 cm³/mol. The van der Waals surface area contributed by atoms with Crippen molar-refractivity contribution in [3.63, 3.8) is 0 Å². The van der Waals surface area contributed by atoms with Gasteiger partial charge in [0.1, 0.15) is 13.2 Å². The van der Waals surface area contributed by atoms with Gasteiger partial charge >= 0.3 is 0 Å². The third kappa shape index (κ3) is 3.19. The Kier molecular flexibility index (Phi) is 3.38. The van der Waals surface area contributed by atoms with Crippen LogP contribution in [0.25, 0.3) is 0 Å². The molecule has 94 valence electrons. The number of hydrogen-bond donors (Lipinski definition) is 1. The minimum absolute atomic E-state index is 0.205. The lowest BCUT2D eigenvalue weighted by Crippen LogP contribution is -2.20. The number of ether oxygens (including phenoxy) is 2. The lowest BCUT2D eigenvalue weighted by atomic mass is 9.97. The second kappa shape index (κ2) is 4.65. The normalized spacial score (nSPS) is 14.6. The third-order valence-corrected chi connectivity index (χ3v) is 2.75. The molecular weight excluding hydrogens is 238 g/mol. The molecule has 1 aliphatic rings. The van der Waals surface area contributed by atoms with Gasteiger partial charge in [0.2, 0.25) is 0 Å². The summed E-state index contributed by atoms with van der Waals surface area (Å²) in [6, 6.07) is 3.71. The molecule has 1 heterocycles. The van der Waals surface area contributed by atoms with Gasteiger partial charge in [0, 0.05) is 18.7 Å². The molecule has 0 saturated heterocycles. The number of fused-ring (bicyclic) bond motifs is 1. The van der Waals surface area contributed by atoms with Crippen molar-refractivity contribution in [2.24, 2.45) is 5.41 Å². The van der Waals surface area contributed by atoms with Crippen molar-refractivity contribution < 1.29 is 9.47 Å². The van der Waals surface area contributed by atoms with Crippen LogP contribution in [0, 0.1) is 5.41 Å². The Labute approximate surface area is 107 Å². The standard InChI is InChI=1S/C13H18ClNO2/c1-13(2,3)8-15-10-7-12-11(6-9(10)14)16-4-5-17-12/h6-7,15H,4-5,8H2,1-3H3. The molecule has 2 rings (SSSR count). The van der Waals surface area contributed by atoms with E-state index in [0.717, 1.165) is 23.7 Å². The summed E-state index contributed by atoms with van der Waals surface area (Å²) in [5.41, 5.74) is 1.10. The first-order chi connectivity index (χ1) is 7.96. The fourth-order valence-electron chi connectivity index (χ4n) is 1.56. The molecule has 1 aliphatic heterocycles. The van der Waals surface area contributed by atoms with Crippen molar-refractivity contribution in [3.05, 3.63) is 17.2 Å². The maximum atomic E-state index is 6.19. The molecule has 0 unspecified atom stereocenters. The minimum Gasteiger partial charge on any atom is -0.486 e. The van der Waals surface area contributed by atoms with Crippen molar-refractivity contribution in [3.8, 4) is 11.5 Å². The maximum absolute atomic E-state index is 6.19. The molecule has 1 aromatic rings. The highest BCUT2D eigenvalue weighted by Gasteiger charge is 2.16. The second-order valence-corrected chi connectivity index (χ2v) is 5.80. The Morgan fingerprint density at radius 1 is 1.18 bits per heavy atom. The van der Waals surface area contributed by atoms with Crippen molar-refractivity contribution in [1.82, 2.24) is 0 Å². The Morgan fingerprint density at radius 3 is 2.35 bits per heavy atom. The number of rotatable bonds is 2. The summed E-state index contributed by atoms with van der Waals surface area (Å²) in [5, 5.41) is 4.00. The van der Waals surface area contributed by atoms with E-state index in [1.54, 1.807) is 6.07 Å². The zero-order valence-corrected chi connectivity index (χ0v) is 11.2. The van der Waals surface area contributed by atoms with Crippen LogP contribution < -0.4 is 14.8 Å². The fourth-order valence-corrected chi connectivity index (χ4v) is 1.78. The van der Waals surface area contributed by atoms with Crippen LogP contribution in [0.2, 0.25) is 5.02 Å². The molecule has 0 spiro atoms. The molecule has 4 heteroatoms. The molecule has 0 saturated carbocycles. The molecule has 0 bridgehead atoms. The van der Waals surface area contributed by atoms with Crippen LogP contribution in [-0.4, -0.2) is 19.8 Å². The smallest absolute Gasteiger partial charge is 0.163 e. The monoisotopic (exact) mass is 255 g/mol. The average Bonchev–Trinajstić information content (AvgIpc) is 2.25.